The molecule has 2 aromatic heterocycles. The van der Waals surface area contributed by atoms with Gasteiger partial charge in [-0.1, -0.05) is 6.07 Å². The molecule has 0 aliphatic carbocycles. The lowest BCUT2D eigenvalue weighted by molar-refractivity contribution is 0.563. The van der Waals surface area contributed by atoms with Crippen molar-refractivity contribution in [1.82, 2.24) is 15.3 Å². The lowest BCUT2D eigenvalue weighted by atomic mass is 10.2. The first-order valence-electron chi connectivity index (χ1n) is 5.72. The summed E-state index contributed by atoms with van der Waals surface area (Å²) in [4.78, 5) is 8.85. The minimum Gasteiger partial charge on any atom is -0.302 e. The summed E-state index contributed by atoms with van der Waals surface area (Å²) in [6, 6.07) is 4.32. The molecule has 0 aromatic carbocycles. The molecular formula is C13H17N3S. The number of thiazole rings is 1. The summed E-state index contributed by atoms with van der Waals surface area (Å²) in [5.41, 5.74) is 3.42. The fourth-order valence-corrected chi connectivity index (χ4v) is 2.44. The summed E-state index contributed by atoms with van der Waals surface area (Å²) < 4.78 is 0. The zero-order chi connectivity index (χ0) is 12.3. The van der Waals surface area contributed by atoms with Crippen molar-refractivity contribution in [3.8, 4) is 0 Å². The standard InChI is InChI=1S/C13H17N3S/c1-9-5-4-6-14-12(9)7-15-11(3)13-16-10(2)8-17-13/h4-6,8,11,15H,7H2,1-3H3. The van der Waals surface area contributed by atoms with Gasteiger partial charge >= 0.3 is 0 Å². The van der Waals surface area contributed by atoms with E-state index in [9.17, 15) is 0 Å². The van der Waals surface area contributed by atoms with Gasteiger partial charge in [-0.15, -0.1) is 11.3 Å². The largest absolute Gasteiger partial charge is 0.302 e. The van der Waals surface area contributed by atoms with E-state index < -0.39 is 0 Å². The molecule has 17 heavy (non-hydrogen) atoms. The fraction of sp³-hybridized carbons (Fsp3) is 0.385. The van der Waals surface area contributed by atoms with Crippen LogP contribution in [0.1, 0.15) is 34.9 Å². The molecule has 0 saturated heterocycles. The predicted octanol–water partition coefficient (Wildman–Crippen LogP) is 3.01. The number of nitrogens with one attached hydrogen (secondary N) is 1. The lowest BCUT2D eigenvalue weighted by Gasteiger charge is -2.11. The molecule has 4 heteroatoms. The molecule has 1 unspecified atom stereocenters. The molecule has 0 bridgehead atoms. The molecule has 1 N–H and O–H groups in total. The van der Waals surface area contributed by atoms with E-state index in [1.807, 2.05) is 19.2 Å². The molecule has 0 spiro atoms. The van der Waals surface area contributed by atoms with Gasteiger partial charge in [-0.05, 0) is 32.4 Å². The van der Waals surface area contributed by atoms with Crippen LogP contribution in [0.5, 0.6) is 0 Å². The minimum absolute atomic E-state index is 0.273. The summed E-state index contributed by atoms with van der Waals surface area (Å²) in [6.45, 7) is 7.03. The van der Waals surface area contributed by atoms with Gasteiger partial charge in [0.25, 0.3) is 0 Å². The first kappa shape index (κ1) is 12.2. The molecule has 0 amide bonds. The smallest absolute Gasteiger partial charge is 0.110 e. The molecular weight excluding hydrogens is 230 g/mol. The van der Waals surface area contributed by atoms with E-state index in [2.05, 4.69) is 40.6 Å². The Balaban J connectivity index is 1.97. The van der Waals surface area contributed by atoms with Crippen molar-refractivity contribution in [2.24, 2.45) is 0 Å². The van der Waals surface area contributed by atoms with Gasteiger partial charge in [0.1, 0.15) is 5.01 Å². The highest BCUT2D eigenvalue weighted by Gasteiger charge is 2.09. The normalized spacial score (nSPS) is 12.6. The van der Waals surface area contributed by atoms with Gasteiger partial charge in [-0.3, -0.25) is 4.98 Å². The Bertz CT molecular complexity index is 493. The first-order chi connectivity index (χ1) is 8.16. The van der Waals surface area contributed by atoms with Gasteiger partial charge in [0, 0.05) is 23.8 Å². The zero-order valence-electron chi connectivity index (χ0n) is 10.4. The van der Waals surface area contributed by atoms with Crippen molar-refractivity contribution >= 4 is 11.3 Å². The third-order valence-corrected chi connectivity index (χ3v) is 3.85. The van der Waals surface area contributed by atoms with E-state index in [4.69, 9.17) is 0 Å². The Hall–Kier alpha value is -1.26. The van der Waals surface area contributed by atoms with Gasteiger partial charge in [0.05, 0.1) is 11.7 Å². The highest BCUT2D eigenvalue weighted by Crippen LogP contribution is 2.17. The van der Waals surface area contributed by atoms with Crippen LogP contribution in [-0.2, 0) is 6.54 Å². The number of pyridine rings is 1. The molecule has 2 rings (SSSR count). The van der Waals surface area contributed by atoms with Crippen molar-refractivity contribution in [3.05, 3.63) is 45.7 Å². The first-order valence-corrected chi connectivity index (χ1v) is 6.60. The van der Waals surface area contributed by atoms with Crippen LogP contribution in [0.4, 0.5) is 0 Å². The summed E-state index contributed by atoms with van der Waals surface area (Å²) >= 11 is 1.70. The highest BCUT2D eigenvalue weighted by molar-refractivity contribution is 7.09. The monoisotopic (exact) mass is 247 g/mol. The van der Waals surface area contributed by atoms with Gasteiger partial charge < -0.3 is 5.32 Å². The van der Waals surface area contributed by atoms with Crippen molar-refractivity contribution in [1.29, 1.82) is 0 Å². The van der Waals surface area contributed by atoms with Gasteiger partial charge in [-0.25, -0.2) is 4.98 Å². The van der Waals surface area contributed by atoms with E-state index >= 15 is 0 Å². The molecule has 0 aliphatic heterocycles. The number of hydrogen-bond donors (Lipinski definition) is 1. The van der Waals surface area contributed by atoms with Crippen molar-refractivity contribution in [2.45, 2.75) is 33.4 Å². The number of rotatable bonds is 4. The molecule has 0 aliphatic rings. The van der Waals surface area contributed by atoms with Crippen LogP contribution < -0.4 is 5.32 Å². The molecule has 2 heterocycles. The van der Waals surface area contributed by atoms with Gasteiger partial charge in [0.2, 0.25) is 0 Å². The SMILES string of the molecule is Cc1csc(C(C)NCc2ncccc2C)n1. The average Bonchev–Trinajstić information content (AvgIpc) is 2.74. The third kappa shape index (κ3) is 3.11. The van der Waals surface area contributed by atoms with Crippen LogP contribution in [-0.4, -0.2) is 9.97 Å². The summed E-state index contributed by atoms with van der Waals surface area (Å²) in [5, 5.41) is 6.67. The van der Waals surface area contributed by atoms with Crippen LogP contribution in [0.3, 0.4) is 0 Å². The van der Waals surface area contributed by atoms with E-state index in [-0.39, 0.29) is 6.04 Å². The molecule has 0 saturated carbocycles. The molecule has 90 valence electrons. The van der Waals surface area contributed by atoms with Crippen LogP contribution in [0.15, 0.2) is 23.7 Å². The minimum atomic E-state index is 0.273. The molecule has 0 fully saturated rings. The Morgan fingerprint density at radius 2 is 2.24 bits per heavy atom. The summed E-state index contributed by atoms with van der Waals surface area (Å²) in [6.07, 6.45) is 1.84. The summed E-state index contributed by atoms with van der Waals surface area (Å²) in [7, 11) is 0. The topological polar surface area (TPSA) is 37.8 Å². The average molecular weight is 247 g/mol. The van der Waals surface area contributed by atoms with Crippen molar-refractivity contribution < 1.29 is 0 Å². The molecule has 2 aromatic rings. The maximum atomic E-state index is 4.48. The number of aromatic nitrogens is 2. The Morgan fingerprint density at radius 1 is 1.41 bits per heavy atom. The molecule has 0 radical (unpaired) electrons. The van der Waals surface area contributed by atoms with E-state index in [0.29, 0.717) is 0 Å². The fourth-order valence-electron chi connectivity index (χ4n) is 1.61. The lowest BCUT2D eigenvalue weighted by Crippen LogP contribution is -2.19. The maximum Gasteiger partial charge on any atom is 0.110 e. The second kappa shape index (κ2) is 5.38. The predicted molar refractivity (Wildman–Crippen MR) is 71.1 cm³/mol. The molecule has 1 atom stereocenters. The summed E-state index contributed by atoms with van der Waals surface area (Å²) in [5.74, 6) is 0. The van der Waals surface area contributed by atoms with Gasteiger partial charge in [-0.2, -0.15) is 0 Å². The number of aryl methyl sites for hydroxylation is 2. The second-order valence-corrected chi connectivity index (χ2v) is 5.09. The van der Waals surface area contributed by atoms with Crippen LogP contribution in [0.2, 0.25) is 0 Å². The van der Waals surface area contributed by atoms with Crippen LogP contribution in [0, 0.1) is 13.8 Å². The van der Waals surface area contributed by atoms with Crippen LogP contribution >= 0.6 is 11.3 Å². The molecule has 3 nitrogen and oxygen atoms in total. The van der Waals surface area contributed by atoms with E-state index in [0.717, 1.165) is 22.9 Å². The highest BCUT2D eigenvalue weighted by atomic mass is 32.1. The van der Waals surface area contributed by atoms with Crippen molar-refractivity contribution in [2.75, 3.05) is 0 Å². The number of nitrogens with zero attached hydrogens (tertiary/aromatic N) is 2. The Kier molecular flexibility index (Phi) is 3.86. The zero-order valence-corrected chi connectivity index (χ0v) is 11.2. The van der Waals surface area contributed by atoms with Crippen LogP contribution in [0.25, 0.3) is 0 Å². The van der Waals surface area contributed by atoms with Crippen molar-refractivity contribution in [3.63, 3.8) is 0 Å². The van der Waals surface area contributed by atoms with E-state index in [1.54, 1.807) is 11.3 Å². The van der Waals surface area contributed by atoms with Gasteiger partial charge in [0.15, 0.2) is 0 Å². The Labute approximate surface area is 106 Å². The second-order valence-electron chi connectivity index (χ2n) is 4.20. The third-order valence-electron chi connectivity index (χ3n) is 2.70. The quantitative estimate of drug-likeness (QED) is 0.902. The number of hydrogen-bond acceptors (Lipinski definition) is 4. The maximum absolute atomic E-state index is 4.48. The Morgan fingerprint density at radius 3 is 2.88 bits per heavy atom. The van der Waals surface area contributed by atoms with E-state index in [1.165, 1.54) is 5.56 Å².